The number of hydrogen-bond acceptors (Lipinski definition) is 3. The maximum atomic E-state index is 12.0. The van der Waals surface area contributed by atoms with E-state index < -0.39 is 12.8 Å². The van der Waals surface area contributed by atoms with Gasteiger partial charge in [-0.2, -0.15) is 13.2 Å². The van der Waals surface area contributed by atoms with Crippen LogP contribution in [0.2, 0.25) is 0 Å². The van der Waals surface area contributed by atoms with E-state index in [1.54, 1.807) is 0 Å². The van der Waals surface area contributed by atoms with E-state index >= 15 is 0 Å². The molecular formula is C13H20F3NO2. The number of hydrogen-bond donors (Lipinski definition) is 1. The number of rotatable bonds is 7. The minimum atomic E-state index is -4.27. The van der Waals surface area contributed by atoms with Crippen molar-refractivity contribution in [3.8, 4) is 0 Å². The smallest absolute Gasteiger partial charge is 0.411 e. The van der Waals surface area contributed by atoms with Crippen molar-refractivity contribution in [1.29, 1.82) is 0 Å². The number of alkyl halides is 3. The first kappa shape index (κ1) is 16.0. The molecule has 0 radical (unpaired) electrons. The van der Waals surface area contributed by atoms with Crippen molar-refractivity contribution in [1.82, 2.24) is 5.32 Å². The molecule has 0 saturated heterocycles. The van der Waals surface area contributed by atoms with E-state index in [1.807, 2.05) is 26.8 Å². The van der Waals surface area contributed by atoms with Crippen molar-refractivity contribution in [3.63, 3.8) is 0 Å². The summed E-state index contributed by atoms with van der Waals surface area (Å²) in [5.41, 5.74) is 0.981. The molecule has 19 heavy (non-hydrogen) atoms. The summed E-state index contributed by atoms with van der Waals surface area (Å²) in [6.07, 6.45) is -3.79. The fourth-order valence-corrected chi connectivity index (χ4v) is 2.00. The van der Waals surface area contributed by atoms with Crippen molar-refractivity contribution in [3.05, 3.63) is 23.2 Å². The Bertz CT molecular complexity index is 388. The zero-order chi connectivity index (χ0) is 14.5. The van der Waals surface area contributed by atoms with Crippen LogP contribution in [-0.4, -0.2) is 25.9 Å². The van der Waals surface area contributed by atoms with E-state index in [4.69, 9.17) is 4.42 Å². The normalized spacial score (nSPS) is 13.8. The van der Waals surface area contributed by atoms with Crippen molar-refractivity contribution >= 4 is 0 Å². The lowest BCUT2D eigenvalue weighted by Gasteiger charge is -2.17. The van der Waals surface area contributed by atoms with Gasteiger partial charge < -0.3 is 14.5 Å². The summed E-state index contributed by atoms with van der Waals surface area (Å²) in [5, 5.41) is 3.23. The molecule has 110 valence electrons. The van der Waals surface area contributed by atoms with Crippen LogP contribution in [0.1, 0.15) is 36.5 Å². The number of furan rings is 1. The molecule has 0 saturated carbocycles. The summed E-state index contributed by atoms with van der Waals surface area (Å²) in [7, 11) is 0. The van der Waals surface area contributed by atoms with Crippen LogP contribution in [0.3, 0.4) is 0 Å². The predicted octanol–water partition coefficient (Wildman–Crippen LogP) is 3.52. The standard InChI is InChI=1S/C13H20F3NO2/c1-4-17-12(5-6-18-8-13(14,15)16)11-7-9(2)19-10(11)3/h7,12,17H,4-6,8H2,1-3H3. The molecule has 3 nitrogen and oxygen atoms in total. The zero-order valence-electron chi connectivity index (χ0n) is 11.4. The van der Waals surface area contributed by atoms with E-state index in [0.29, 0.717) is 6.42 Å². The minimum Gasteiger partial charge on any atom is -0.466 e. The fourth-order valence-electron chi connectivity index (χ4n) is 2.00. The second-order valence-corrected chi connectivity index (χ2v) is 4.44. The lowest BCUT2D eigenvalue weighted by Crippen LogP contribution is -2.24. The van der Waals surface area contributed by atoms with Gasteiger partial charge in [0.05, 0.1) is 0 Å². The van der Waals surface area contributed by atoms with Gasteiger partial charge in [0.1, 0.15) is 18.1 Å². The Hall–Kier alpha value is -1.01. The molecule has 1 atom stereocenters. The Morgan fingerprint density at radius 3 is 2.53 bits per heavy atom. The average Bonchev–Trinajstić information content (AvgIpc) is 2.61. The van der Waals surface area contributed by atoms with Gasteiger partial charge in [0.25, 0.3) is 0 Å². The minimum absolute atomic E-state index is 0.0457. The van der Waals surface area contributed by atoms with Crippen LogP contribution in [-0.2, 0) is 4.74 Å². The van der Waals surface area contributed by atoms with Gasteiger partial charge in [0.15, 0.2) is 0 Å². The van der Waals surface area contributed by atoms with Gasteiger partial charge in [-0.15, -0.1) is 0 Å². The molecule has 1 rings (SSSR count). The molecule has 0 aliphatic rings. The molecule has 0 aliphatic heterocycles. The summed E-state index contributed by atoms with van der Waals surface area (Å²) in [4.78, 5) is 0. The number of halogens is 3. The summed E-state index contributed by atoms with van der Waals surface area (Å²) in [5.74, 6) is 1.59. The highest BCUT2D eigenvalue weighted by molar-refractivity contribution is 5.24. The van der Waals surface area contributed by atoms with Gasteiger partial charge in [-0.3, -0.25) is 0 Å². The van der Waals surface area contributed by atoms with E-state index in [0.717, 1.165) is 23.6 Å². The van der Waals surface area contributed by atoms with Gasteiger partial charge in [0, 0.05) is 18.2 Å². The average molecular weight is 279 g/mol. The molecule has 1 aromatic heterocycles. The second kappa shape index (κ2) is 6.96. The van der Waals surface area contributed by atoms with Crippen LogP contribution in [0.15, 0.2) is 10.5 Å². The highest BCUT2D eigenvalue weighted by atomic mass is 19.4. The summed E-state index contributed by atoms with van der Waals surface area (Å²) in [6, 6.07) is 1.86. The number of nitrogens with one attached hydrogen (secondary N) is 1. The maximum absolute atomic E-state index is 12.0. The molecule has 0 bridgehead atoms. The van der Waals surface area contributed by atoms with Crippen molar-refractivity contribution in [2.24, 2.45) is 0 Å². The molecule has 0 fully saturated rings. The quantitative estimate of drug-likeness (QED) is 0.775. The summed E-state index contributed by atoms with van der Waals surface area (Å²) < 4.78 is 46.0. The topological polar surface area (TPSA) is 34.4 Å². The highest BCUT2D eigenvalue weighted by Crippen LogP contribution is 2.24. The fraction of sp³-hybridized carbons (Fsp3) is 0.692. The lowest BCUT2D eigenvalue weighted by molar-refractivity contribution is -0.174. The summed E-state index contributed by atoms with van der Waals surface area (Å²) in [6.45, 7) is 5.23. The molecule has 1 aromatic rings. The molecular weight excluding hydrogens is 259 g/mol. The molecule has 1 heterocycles. The van der Waals surface area contributed by atoms with Gasteiger partial charge >= 0.3 is 6.18 Å². The van der Waals surface area contributed by atoms with E-state index in [-0.39, 0.29) is 12.6 Å². The van der Waals surface area contributed by atoms with Crippen LogP contribution in [0.25, 0.3) is 0 Å². The second-order valence-electron chi connectivity index (χ2n) is 4.44. The van der Waals surface area contributed by atoms with Crippen LogP contribution in [0.5, 0.6) is 0 Å². The first-order valence-corrected chi connectivity index (χ1v) is 6.28. The third-order valence-corrected chi connectivity index (χ3v) is 2.72. The largest absolute Gasteiger partial charge is 0.466 e. The Morgan fingerprint density at radius 2 is 2.05 bits per heavy atom. The van der Waals surface area contributed by atoms with E-state index in [2.05, 4.69) is 10.1 Å². The SMILES string of the molecule is CCNC(CCOCC(F)(F)F)c1cc(C)oc1C. The number of ether oxygens (including phenoxy) is 1. The third-order valence-electron chi connectivity index (χ3n) is 2.72. The Labute approximate surface area is 111 Å². The maximum Gasteiger partial charge on any atom is 0.411 e. The van der Waals surface area contributed by atoms with Gasteiger partial charge in [-0.05, 0) is 32.9 Å². The lowest BCUT2D eigenvalue weighted by atomic mass is 10.0. The molecule has 1 unspecified atom stereocenters. The van der Waals surface area contributed by atoms with Gasteiger partial charge in [-0.1, -0.05) is 6.92 Å². The molecule has 0 spiro atoms. The third kappa shape index (κ3) is 5.65. The highest BCUT2D eigenvalue weighted by Gasteiger charge is 2.27. The first-order chi connectivity index (χ1) is 8.83. The Balaban J connectivity index is 2.52. The van der Waals surface area contributed by atoms with Crippen molar-refractivity contribution in [2.45, 2.75) is 39.4 Å². The molecule has 0 amide bonds. The first-order valence-electron chi connectivity index (χ1n) is 6.28. The van der Waals surface area contributed by atoms with Crippen molar-refractivity contribution in [2.75, 3.05) is 19.8 Å². The summed E-state index contributed by atoms with van der Waals surface area (Å²) >= 11 is 0. The zero-order valence-corrected chi connectivity index (χ0v) is 11.4. The van der Waals surface area contributed by atoms with Crippen molar-refractivity contribution < 1.29 is 22.3 Å². The predicted molar refractivity (Wildman–Crippen MR) is 66.1 cm³/mol. The van der Waals surface area contributed by atoms with Crippen LogP contribution >= 0.6 is 0 Å². The Kier molecular flexibility index (Phi) is 5.87. The van der Waals surface area contributed by atoms with E-state index in [9.17, 15) is 13.2 Å². The Morgan fingerprint density at radius 1 is 1.37 bits per heavy atom. The van der Waals surface area contributed by atoms with Gasteiger partial charge in [0.2, 0.25) is 0 Å². The van der Waals surface area contributed by atoms with Gasteiger partial charge in [-0.25, -0.2) is 0 Å². The molecule has 0 aliphatic carbocycles. The van der Waals surface area contributed by atoms with Crippen LogP contribution in [0, 0.1) is 13.8 Å². The number of aryl methyl sites for hydroxylation is 2. The molecule has 1 N–H and O–H groups in total. The van der Waals surface area contributed by atoms with E-state index in [1.165, 1.54) is 0 Å². The monoisotopic (exact) mass is 279 g/mol. The molecule has 0 aromatic carbocycles. The van der Waals surface area contributed by atoms with Crippen LogP contribution < -0.4 is 5.32 Å². The molecule has 6 heteroatoms. The van der Waals surface area contributed by atoms with Crippen LogP contribution in [0.4, 0.5) is 13.2 Å².